The van der Waals surface area contributed by atoms with Gasteiger partial charge < -0.3 is 58.1 Å². The minimum atomic E-state index is -1.00. The third-order valence-electron chi connectivity index (χ3n) is 13.4. The van der Waals surface area contributed by atoms with Crippen LogP contribution < -0.4 is 48.3 Å². The van der Waals surface area contributed by atoms with E-state index < -0.39 is 95.9 Å². The van der Waals surface area contributed by atoms with E-state index in [1.807, 2.05) is 74.5 Å². The number of nitrogens with one attached hydrogen (secondary N) is 8. The number of nitrogen functional groups attached to an aromatic ring is 1. The third-order valence-corrected chi connectivity index (χ3v) is 13.4. The predicted octanol–water partition coefficient (Wildman–Crippen LogP) is 2.34. The van der Waals surface area contributed by atoms with E-state index >= 15 is 0 Å². The van der Waals surface area contributed by atoms with Crippen molar-refractivity contribution in [3.05, 3.63) is 101 Å². The van der Waals surface area contributed by atoms with Crippen LogP contribution in [0.3, 0.4) is 0 Å². The summed E-state index contributed by atoms with van der Waals surface area (Å²) in [5, 5.41) is 23.3. The Morgan fingerprint density at radius 1 is 0.528 bits per heavy atom. The standard InChI is InChI=1S/C52H73N11O8.ClH/c1-28(2)43(60-45(64)32(7)54-9)51(70)62-26-39(24-41(62)49(68)56-30(5)34-17-13-11-14-18-34)58-47(66)36-21-37(23-38(53)22-36)48(67)59-40-25-42(50(69)57-31(6)35-19-15-12-16-20-35)63(27-40)52(71)44(29(3)4)61-46(65)33(8)55-10;/h11-23,28-33,39-44,54-55H,24-27,53H2,1-10H3,(H,56,68)(H,57,69)(H,58,66)(H,59,67)(H,60,64)(H,61,65);1H/t30-,31-,32+,33+,39+,40+,41+,42+,43+,44+;/m1./s1. The van der Waals surface area contributed by atoms with Crippen molar-refractivity contribution in [1.82, 2.24) is 52.3 Å². The molecular formula is C52H74ClN11O8. The zero-order valence-corrected chi connectivity index (χ0v) is 43.7. The number of anilines is 1. The lowest BCUT2D eigenvalue weighted by molar-refractivity contribution is -0.142. The average Bonchev–Trinajstić information content (AvgIpc) is 3.98. The van der Waals surface area contributed by atoms with Gasteiger partial charge in [-0.15, -0.1) is 12.4 Å². The molecule has 2 heterocycles. The molecule has 8 amide bonds. The molecule has 392 valence electrons. The van der Waals surface area contributed by atoms with Gasteiger partial charge in [-0.3, -0.25) is 38.4 Å². The van der Waals surface area contributed by atoms with Gasteiger partial charge in [-0.25, -0.2) is 0 Å². The number of nitrogens with two attached hydrogens (primary N) is 1. The van der Waals surface area contributed by atoms with Crippen LogP contribution >= 0.6 is 12.4 Å². The Balaban J connectivity index is 0.0000112. The second kappa shape index (κ2) is 26.2. The number of likely N-dealkylation sites (N-methyl/N-ethyl adjacent to an activating group) is 2. The molecule has 0 aliphatic carbocycles. The summed E-state index contributed by atoms with van der Waals surface area (Å²) in [6.45, 7) is 14.1. The molecule has 0 bridgehead atoms. The van der Waals surface area contributed by atoms with Crippen molar-refractivity contribution in [3.63, 3.8) is 0 Å². The molecular weight excluding hydrogens is 942 g/mol. The number of halogens is 1. The first kappa shape index (κ1) is 58.0. The summed E-state index contributed by atoms with van der Waals surface area (Å²) in [5.41, 5.74) is 8.19. The Hall–Kier alpha value is -6.57. The monoisotopic (exact) mass is 1020 g/mol. The van der Waals surface area contributed by atoms with Gasteiger partial charge in [-0.05, 0) is 95.8 Å². The van der Waals surface area contributed by atoms with Crippen LogP contribution in [0.5, 0.6) is 0 Å². The van der Waals surface area contributed by atoms with Crippen LogP contribution in [0.4, 0.5) is 5.69 Å². The molecule has 72 heavy (non-hydrogen) atoms. The number of rotatable bonds is 20. The molecule has 10 N–H and O–H groups in total. The highest BCUT2D eigenvalue weighted by Crippen LogP contribution is 2.26. The van der Waals surface area contributed by atoms with Gasteiger partial charge in [0.15, 0.2) is 0 Å². The normalized spacial score (nSPS) is 19.9. The largest absolute Gasteiger partial charge is 0.399 e. The van der Waals surface area contributed by atoms with Gasteiger partial charge in [-0.1, -0.05) is 88.4 Å². The molecule has 2 aliphatic heterocycles. The minimum absolute atomic E-state index is 0. The fraction of sp³-hybridized carbons (Fsp3) is 0.500. The van der Waals surface area contributed by atoms with Crippen LogP contribution in [0.2, 0.25) is 0 Å². The molecule has 2 saturated heterocycles. The maximum Gasteiger partial charge on any atom is 0.251 e. The molecule has 0 radical (unpaired) electrons. The van der Waals surface area contributed by atoms with Crippen LogP contribution in [0.25, 0.3) is 0 Å². The van der Waals surface area contributed by atoms with E-state index in [2.05, 4.69) is 42.5 Å². The highest BCUT2D eigenvalue weighted by atomic mass is 35.5. The topological polar surface area (TPSA) is 265 Å². The Morgan fingerprint density at radius 2 is 0.875 bits per heavy atom. The summed E-state index contributed by atoms with van der Waals surface area (Å²) in [5.74, 6) is -4.51. The van der Waals surface area contributed by atoms with Crippen LogP contribution in [-0.4, -0.2) is 133 Å². The zero-order valence-electron chi connectivity index (χ0n) is 42.9. The molecule has 19 nitrogen and oxygen atoms in total. The fourth-order valence-electron chi connectivity index (χ4n) is 8.79. The summed E-state index contributed by atoms with van der Waals surface area (Å²) in [6.07, 6.45) is 0.107. The van der Waals surface area contributed by atoms with Crippen molar-refractivity contribution in [2.24, 2.45) is 11.8 Å². The molecule has 10 atom stereocenters. The number of hydrogen-bond acceptors (Lipinski definition) is 11. The average molecular weight is 1020 g/mol. The van der Waals surface area contributed by atoms with Gasteiger partial charge in [0.1, 0.15) is 24.2 Å². The number of carbonyl (C=O) groups is 8. The van der Waals surface area contributed by atoms with E-state index in [1.165, 1.54) is 28.0 Å². The Labute approximate surface area is 429 Å². The van der Waals surface area contributed by atoms with Crippen molar-refractivity contribution < 1.29 is 38.4 Å². The van der Waals surface area contributed by atoms with Crippen LogP contribution in [-0.2, 0) is 28.8 Å². The molecule has 3 aromatic carbocycles. The molecule has 0 saturated carbocycles. The van der Waals surface area contributed by atoms with Gasteiger partial charge >= 0.3 is 0 Å². The zero-order chi connectivity index (χ0) is 52.3. The minimum Gasteiger partial charge on any atom is -0.399 e. The van der Waals surface area contributed by atoms with Gasteiger partial charge in [0.25, 0.3) is 11.8 Å². The van der Waals surface area contributed by atoms with E-state index in [9.17, 15) is 38.4 Å². The van der Waals surface area contributed by atoms with Gasteiger partial charge in [-0.2, -0.15) is 0 Å². The number of benzene rings is 3. The van der Waals surface area contributed by atoms with Gasteiger partial charge in [0, 0.05) is 42.0 Å². The summed E-state index contributed by atoms with van der Waals surface area (Å²) in [7, 11) is 3.26. The Morgan fingerprint density at radius 3 is 1.19 bits per heavy atom. The lowest BCUT2D eigenvalue weighted by Crippen LogP contribution is -2.57. The highest BCUT2D eigenvalue weighted by Gasteiger charge is 2.45. The van der Waals surface area contributed by atoms with Gasteiger partial charge in [0.2, 0.25) is 35.4 Å². The van der Waals surface area contributed by atoms with Crippen molar-refractivity contribution in [2.75, 3.05) is 32.9 Å². The number of carbonyl (C=O) groups excluding carboxylic acids is 8. The first-order chi connectivity index (χ1) is 33.6. The SMILES string of the molecule is CN[C@@H](C)C(=O)N[C@H](C(=O)N1C[C@@H](NC(=O)c2cc(N)cc(C(=O)N[C@H]3C[C@@H](C(=O)N[C@H](C)c4ccccc4)N(C(=O)[C@@H](NC(=O)[C@H](C)NC)C(C)C)C3)c2)C[C@H]1C(=O)N[C@H](C)c1ccccc1)C(C)C.Cl. The molecule has 2 fully saturated rings. The Kier molecular flexibility index (Phi) is 21.1. The summed E-state index contributed by atoms with van der Waals surface area (Å²) in [4.78, 5) is 114. The van der Waals surface area contributed by atoms with Crippen molar-refractivity contribution >= 4 is 65.4 Å². The number of nitrogens with zero attached hydrogens (tertiary/aromatic N) is 2. The molecule has 0 aromatic heterocycles. The molecule has 5 rings (SSSR count). The summed E-state index contributed by atoms with van der Waals surface area (Å²) < 4.78 is 0. The maximum atomic E-state index is 14.3. The fourth-order valence-corrected chi connectivity index (χ4v) is 8.79. The van der Waals surface area contributed by atoms with Crippen molar-refractivity contribution in [3.8, 4) is 0 Å². The smallest absolute Gasteiger partial charge is 0.251 e. The van der Waals surface area contributed by atoms with E-state index in [-0.39, 0.29) is 78.8 Å². The first-order valence-electron chi connectivity index (χ1n) is 24.4. The summed E-state index contributed by atoms with van der Waals surface area (Å²) in [6, 6.07) is 15.5. The Bertz CT molecular complexity index is 2230. The van der Waals surface area contributed by atoms with Crippen molar-refractivity contribution in [1.29, 1.82) is 0 Å². The first-order valence-corrected chi connectivity index (χ1v) is 24.4. The van der Waals surface area contributed by atoms with Crippen LogP contribution in [0.1, 0.15) is 112 Å². The van der Waals surface area contributed by atoms with Crippen LogP contribution in [0, 0.1) is 11.8 Å². The number of hydrogen-bond donors (Lipinski definition) is 9. The molecule has 0 spiro atoms. The van der Waals surface area contributed by atoms with E-state index in [0.29, 0.717) is 0 Å². The van der Waals surface area contributed by atoms with Gasteiger partial charge in [0.05, 0.1) is 24.2 Å². The third kappa shape index (κ3) is 14.8. The lowest BCUT2D eigenvalue weighted by atomic mass is 10.0. The molecule has 2 aliphatic rings. The molecule has 3 aromatic rings. The molecule has 0 unspecified atom stereocenters. The maximum absolute atomic E-state index is 14.3. The second-order valence-electron chi connectivity index (χ2n) is 19.4. The quantitative estimate of drug-likeness (QED) is 0.0742. The lowest BCUT2D eigenvalue weighted by Gasteiger charge is -2.31. The van der Waals surface area contributed by atoms with Crippen LogP contribution in [0.15, 0.2) is 78.9 Å². The predicted molar refractivity (Wildman–Crippen MR) is 277 cm³/mol. The van der Waals surface area contributed by atoms with Crippen molar-refractivity contribution in [2.45, 2.75) is 129 Å². The highest BCUT2D eigenvalue weighted by molar-refractivity contribution is 6.02. The van der Waals surface area contributed by atoms with E-state index in [0.717, 1.165) is 11.1 Å². The number of likely N-dealkylation sites (tertiary alicyclic amines) is 2. The van der Waals surface area contributed by atoms with E-state index in [1.54, 1.807) is 55.6 Å². The second-order valence-corrected chi connectivity index (χ2v) is 19.4. The molecule has 20 heteroatoms. The summed E-state index contributed by atoms with van der Waals surface area (Å²) >= 11 is 0. The van der Waals surface area contributed by atoms with E-state index in [4.69, 9.17) is 5.73 Å². The number of amides is 8.